The number of urea groups is 1. The third kappa shape index (κ3) is 6.28. The molecule has 1 fully saturated rings. The fourth-order valence-electron chi connectivity index (χ4n) is 4.72. The number of hydrogen-bond donors (Lipinski definition) is 3. The van der Waals surface area contributed by atoms with E-state index in [1.54, 1.807) is 48.3 Å². The van der Waals surface area contributed by atoms with E-state index in [4.69, 9.17) is 14.7 Å². The summed E-state index contributed by atoms with van der Waals surface area (Å²) in [6.07, 6.45) is 2.30. The number of amides is 3. The summed E-state index contributed by atoms with van der Waals surface area (Å²) >= 11 is 0. The molecule has 42 heavy (non-hydrogen) atoms. The van der Waals surface area contributed by atoms with E-state index in [1.165, 1.54) is 12.3 Å². The number of methoxy groups -OCH3 is 1. The van der Waals surface area contributed by atoms with Gasteiger partial charge in [0.2, 0.25) is 5.95 Å². The molecule has 3 N–H and O–H groups in total. The third-order valence-corrected chi connectivity index (χ3v) is 6.82. The van der Waals surface area contributed by atoms with Crippen LogP contribution in [0, 0.1) is 12.9 Å². The molecule has 0 radical (unpaired) electrons. The fraction of sp³-hybridized carbons (Fsp3) is 0.276. The average Bonchev–Trinajstić information content (AvgIpc) is 3.56. The van der Waals surface area contributed by atoms with Crippen LogP contribution < -0.4 is 16.0 Å². The molecule has 12 nitrogen and oxygen atoms in total. The van der Waals surface area contributed by atoms with Crippen molar-refractivity contribution in [2.75, 3.05) is 39.2 Å². The number of carbonyl (C=O) groups is 2. The van der Waals surface area contributed by atoms with E-state index in [0.717, 1.165) is 5.69 Å². The van der Waals surface area contributed by atoms with E-state index >= 15 is 0 Å². The molecule has 1 aliphatic rings. The smallest absolute Gasteiger partial charge is 0.320 e. The zero-order valence-corrected chi connectivity index (χ0v) is 23.4. The second-order valence-corrected chi connectivity index (χ2v) is 9.60. The van der Waals surface area contributed by atoms with Gasteiger partial charge in [0.15, 0.2) is 0 Å². The molecular formula is C29H31FN8O4. The zero-order chi connectivity index (χ0) is 29.6. The Labute approximate surface area is 241 Å². The van der Waals surface area contributed by atoms with Crippen molar-refractivity contribution in [3.05, 3.63) is 89.8 Å². The van der Waals surface area contributed by atoms with Gasteiger partial charge in [-0.1, -0.05) is 18.2 Å². The summed E-state index contributed by atoms with van der Waals surface area (Å²) in [5.74, 6) is -0.482. The van der Waals surface area contributed by atoms with Gasteiger partial charge in [-0.2, -0.15) is 14.6 Å². The number of halogens is 1. The van der Waals surface area contributed by atoms with E-state index in [0.29, 0.717) is 47.9 Å². The van der Waals surface area contributed by atoms with E-state index in [9.17, 15) is 14.0 Å². The maximum atomic E-state index is 13.9. The van der Waals surface area contributed by atoms with Crippen molar-refractivity contribution in [2.45, 2.75) is 19.1 Å². The molecule has 0 spiro atoms. The van der Waals surface area contributed by atoms with Crippen molar-refractivity contribution in [2.24, 2.45) is 0 Å². The highest BCUT2D eigenvalue weighted by Gasteiger charge is 2.37. The summed E-state index contributed by atoms with van der Waals surface area (Å²) in [5.41, 5.74) is 3.52. The number of nitrogens with zero attached hydrogens (tertiary/aromatic N) is 5. The van der Waals surface area contributed by atoms with Crippen LogP contribution in [0.2, 0.25) is 0 Å². The number of ether oxygens (including phenoxy) is 1. The van der Waals surface area contributed by atoms with Gasteiger partial charge in [0.05, 0.1) is 24.0 Å². The normalized spacial score (nSPS) is 16.8. The SMILES string of the molecule is CNC(=O)c1ccc(-c2nn(-c3ccccc3)c(NC(=O)N[C@@H]3CN(CCOC)O[C@H]3c3ccnc(F)c3)c2C)cn1. The van der Waals surface area contributed by atoms with Crippen molar-refractivity contribution < 1.29 is 23.6 Å². The van der Waals surface area contributed by atoms with E-state index in [2.05, 4.69) is 25.9 Å². The predicted octanol–water partition coefficient (Wildman–Crippen LogP) is 3.26. The first-order chi connectivity index (χ1) is 20.4. The molecule has 0 aliphatic carbocycles. The molecule has 3 amide bonds. The lowest BCUT2D eigenvalue weighted by molar-refractivity contribution is -0.154. The van der Waals surface area contributed by atoms with Crippen LogP contribution in [-0.2, 0) is 9.57 Å². The summed E-state index contributed by atoms with van der Waals surface area (Å²) in [5, 5.41) is 15.0. The quantitative estimate of drug-likeness (QED) is 0.259. The van der Waals surface area contributed by atoms with Crippen LogP contribution in [0.4, 0.5) is 15.0 Å². The second-order valence-electron chi connectivity index (χ2n) is 9.60. The molecule has 4 heterocycles. The summed E-state index contributed by atoms with van der Waals surface area (Å²) in [4.78, 5) is 39.3. The molecular weight excluding hydrogens is 543 g/mol. The Bertz CT molecular complexity index is 1550. The number of aromatic nitrogens is 4. The fourth-order valence-corrected chi connectivity index (χ4v) is 4.72. The van der Waals surface area contributed by atoms with E-state index < -0.39 is 24.1 Å². The standard InChI is InChI=1S/C29H31FN8O4/c1-18-25(20-9-10-22(33-16-20)28(39)31-2)36-38(21-7-5-4-6-8-21)27(18)35-29(40)34-23-17-37(13-14-41-3)42-26(23)19-11-12-32-24(30)15-19/h4-12,15-16,23,26H,13-14,17H2,1-3H3,(H,31,39)(H2,34,35,40)/t23-,26+/m1/s1. The molecule has 1 saturated heterocycles. The van der Waals surface area contributed by atoms with Gasteiger partial charge in [-0.3, -0.25) is 19.9 Å². The highest BCUT2D eigenvalue weighted by Crippen LogP contribution is 2.32. The van der Waals surface area contributed by atoms with Crippen molar-refractivity contribution in [3.8, 4) is 16.9 Å². The van der Waals surface area contributed by atoms with Gasteiger partial charge in [-0.15, -0.1) is 0 Å². The molecule has 3 aromatic heterocycles. The average molecular weight is 575 g/mol. The van der Waals surface area contributed by atoms with Crippen LogP contribution in [0.5, 0.6) is 0 Å². The van der Waals surface area contributed by atoms with Crippen molar-refractivity contribution >= 4 is 17.8 Å². The molecule has 5 rings (SSSR count). The molecule has 13 heteroatoms. The second kappa shape index (κ2) is 12.9. The Morgan fingerprint density at radius 2 is 1.95 bits per heavy atom. The first-order valence-electron chi connectivity index (χ1n) is 13.3. The van der Waals surface area contributed by atoms with Crippen LogP contribution in [0.25, 0.3) is 16.9 Å². The predicted molar refractivity (Wildman–Crippen MR) is 152 cm³/mol. The van der Waals surface area contributed by atoms with Crippen molar-refractivity contribution in [1.82, 2.24) is 35.4 Å². The van der Waals surface area contributed by atoms with Crippen molar-refractivity contribution in [1.29, 1.82) is 0 Å². The largest absolute Gasteiger partial charge is 0.383 e. The van der Waals surface area contributed by atoms with Gasteiger partial charge < -0.3 is 15.4 Å². The number of hydroxylamine groups is 2. The number of hydrogen-bond acceptors (Lipinski definition) is 8. The summed E-state index contributed by atoms with van der Waals surface area (Å²) in [7, 11) is 3.13. The number of anilines is 1. The molecule has 0 saturated carbocycles. The van der Waals surface area contributed by atoms with Gasteiger partial charge in [0.1, 0.15) is 17.6 Å². The monoisotopic (exact) mass is 574 g/mol. The van der Waals surface area contributed by atoms with Gasteiger partial charge in [-0.05, 0) is 48.9 Å². The summed E-state index contributed by atoms with van der Waals surface area (Å²) < 4.78 is 20.7. The van der Waals surface area contributed by atoms with Crippen molar-refractivity contribution in [3.63, 3.8) is 0 Å². The number of nitrogens with one attached hydrogen (secondary N) is 3. The van der Waals surface area contributed by atoms with E-state index in [1.807, 2.05) is 37.3 Å². The molecule has 4 aromatic rings. The van der Waals surface area contributed by atoms with Gasteiger partial charge >= 0.3 is 6.03 Å². The molecule has 2 atom stereocenters. The Morgan fingerprint density at radius 1 is 1.14 bits per heavy atom. The minimum Gasteiger partial charge on any atom is -0.383 e. The number of para-hydroxylation sites is 1. The van der Waals surface area contributed by atoms with Crippen LogP contribution in [0.3, 0.4) is 0 Å². The van der Waals surface area contributed by atoms with Gasteiger partial charge in [0, 0.05) is 50.8 Å². The third-order valence-electron chi connectivity index (χ3n) is 6.82. The molecule has 0 unspecified atom stereocenters. The maximum Gasteiger partial charge on any atom is 0.320 e. The minimum atomic E-state index is -0.637. The lowest BCUT2D eigenvalue weighted by atomic mass is 10.0. The number of carbonyl (C=O) groups excluding carboxylic acids is 2. The van der Waals surface area contributed by atoms with Gasteiger partial charge in [-0.25, -0.2) is 14.5 Å². The molecule has 1 aliphatic heterocycles. The van der Waals surface area contributed by atoms with Gasteiger partial charge in [0.25, 0.3) is 5.91 Å². The summed E-state index contributed by atoms with van der Waals surface area (Å²) in [6, 6.07) is 14.7. The Hall–Kier alpha value is -4.72. The molecule has 0 bridgehead atoms. The molecule has 218 valence electrons. The Kier molecular flexibility index (Phi) is 8.81. The first-order valence-corrected chi connectivity index (χ1v) is 13.3. The number of rotatable bonds is 9. The highest BCUT2D eigenvalue weighted by molar-refractivity contribution is 5.93. The van der Waals surface area contributed by atoms with Crippen LogP contribution in [0.15, 0.2) is 67.0 Å². The van der Waals surface area contributed by atoms with Crippen LogP contribution >= 0.6 is 0 Å². The summed E-state index contributed by atoms with van der Waals surface area (Å²) in [6.45, 7) is 3.10. The number of pyridine rings is 2. The highest BCUT2D eigenvalue weighted by atomic mass is 19.1. The van der Waals surface area contributed by atoms with Crippen LogP contribution in [0.1, 0.15) is 27.7 Å². The maximum absolute atomic E-state index is 13.9. The Morgan fingerprint density at radius 3 is 2.64 bits per heavy atom. The topological polar surface area (TPSA) is 136 Å². The zero-order valence-electron chi connectivity index (χ0n) is 23.4. The minimum absolute atomic E-state index is 0.279. The number of benzene rings is 1. The van der Waals surface area contributed by atoms with Crippen LogP contribution in [-0.4, -0.2) is 76.6 Å². The Balaban J connectivity index is 1.42. The lowest BCUT2D eigenvalue weighted by Gasteiger charge is -2.19. The van der Waals surface area contributed by atoms with E-state index in [-0.39, 0.29) is 11.6 Å². The first kappa shape index (κ1) is 28.8. The lowest BCUT2D eigenvalue weighted by Crippen LogP contribution is -2.42. The molecule has 1 aromatic carbocycles.